The Balaban J connectivity index is 1.74. The number of benzene rings is 1. The van der Waals surface area contributed by atoms with Crippen LogP contribution >= 0.6 is 0 Å². The van der Waals surface area contributed by atoms with Crippen molar-refractivity contribution in [2.75, 3.05) is 32.7 Å². The molecule has 0 spiro atoms. The highest BCUT2D eigenvalue weighted by Crippen LogP contribution is 2.34. The summed E-state index contributed by atoms with van der Waals surface area (Å²) in [6.45, 7) is 2.24. The molecule has 2 atom stereocenters. The highest BCUT2D eigenvalue weighted by Gasteiger charge is 2.38. The summed E-state index contributed by atoms with van der Waals surface area (Å²) in [6.07, 6.45) is 1.77. The van der Waals surface area contributed by atoms with Gasteiger partial charge in [-0.15, -0.1) is 0 Å². The molecule has 2 unspecified atom stereocenters. The van der Waals surface area contributed by atoms with Gasteiger partial charge in [-0.1, -0.05) is 0 Å². The minimum absolute atomic E-state index is 0.0739. The van der Waals surface area contributed by atoms with Gasteiger partial charge in [-0.25, -0.2) is 0 Å². The number of hydrogen-bond donors (Lipinski definition) is 0. The first kappa shape index (κ1) is 18.8. The molecule has 2 heterocycles. The van der Waals surface area contributed by atoms with Gasteiger partial charge < -0.3 is 23.7 Å². The Kier molecular flexibility index (Phi) is 5.39. The van der Waals surface area contributed by atoms with Crippen LogP contribution in [0.25, 0.3) is 0 Å². The van der Waals surface area contributed by atoms with Crippen molar-refractivity contribution < 1.29 is 23.5 Å². The van der Waals surface area contributed by atoms with E-state index in [9.17, 15) is 9.59 Å². The largest absolute Gasteiger partial charge is 0.493 e. The molecule has 1 aromatic heterocycles. The van der Waals surface area contributed by atoms with Crippen LogP contribution in [0.2, 0.25) is 0 Å². The second kappa shape index (κ2) is 7.73. The van der Waals surface area contributed by atoms with Crippen molar-refractivity contribution in [1.82, 2.24) is 4.90 Å². The number of hydrogen-bond acceptors (Lipinski definition) is 5. The van der Waals surface area contributed by atoms with E-state index in [1.807, 2.05) is 13.0 Å². The van der Waals surface area contributed by atoms with Crippen LogP contribution in [-0.2, 0) is 9.59 Å². The molecule has 1 aliphatic heterocycles. The number of ether oxygens (including phenoxy) is 2. The first-order chi connectivity index (χ1) is 13.0. The van der Waals surface area contributed by atoms with Crippen LogP contribution in [0.1, 0.15) is 25.1 Å². The van der Waals surface area contributed by atoms with Crippen LogP contribution < -0.4 is 14.4 Å². The minimum atomic E-state index is -0.395. The van der Waals surface area contributed by atoms with E-state index in [4.69, 9.17) is 13.9 Å². The van der Waals surface area contributed by atoms with Crippen molar-refractivity contribution in [1.29, 1.82) is 0 Å². The van der Waals surface area contributed by atoms with Crippen LogP contribution in [0, 0.1) is 5.92 Å². The smallest absolute Gasteiger partial charge is 0.228 e. The second-order valence-corrected chi connectivity index (χ2v) is 6.59. The standard InChI is InChI=1S/C20H24N2O5/c1-13(16-6-5-9-27-16)21(2)20(24)14-10-19(23)22(12-14)15-7-8-17(25-3)18(11-15)26-4/h5-9,11,13-14H,10,12H2,1-4H3. The van der Waals surface area contributed by atoms with Crippen LogP contribution in [-0.4, -0.2) is 44.5 Å². The van der Waals surface area contributed by atoms with E-state index in [1.165, 1.54) is 0 Å². The Morgan fingerprint density at radius 2 is 2.00 bits per heavy atom. The molecular weight excluding hydrogens is 348 g/mol. The monoisotopic (exact) mass is 372 g/mol. The quantitative estimate of drug-likeness (QED) is 0.780. The lowest BCUT2D eigenvalue weighted by Gasteiger charge is -2.26. The fourth-order valence-corrected chi connectivity index (χ4v) is 3.31. The van der Waals surface area contributed by atoms with E-state index in [0.717, 1.165) is 0 Å². The number of nitrogens with zero attached hydrogens (tertiary/aromatic N) is 2. The Labute approximate surface area is 158 Å². The molecule has 1 aliphatic rings. The maximum absolute atomic E-state index is 12.9. The number of furan rings is 1. The van der Waals surface area contributed by atoms with Gasteiger partial charge in [0.2, 0.25) is 11.8 Å². The number of carbonyl (C=O) groups is 2. The van der Waals surface area contributed by atoms with Crippen LogP contribution in [0.4, 0.5) is 5.69 Å². The highest BCUT2D eigenvalue weighted by molar-refractivity contribution is 6.00. The zero-order valence-corrected chi connectivity index (χ0v) is 16.0. The first-order valence-electron chi connectivity index (χ1n) is 8.78. The van der Waals surface area contributed by atoms with Crippen LogP contribution in [0.3, 0.4) is 0 Å². The Bertz CT molecular complexity index is 818. The molecular formula is C20H24N2O5. The lowest BCUT2D eigenvalue weighted by atomic mass is 10.1. The summed E-state index contributed by atoms with van der Waals surface area (Å²) < 4.78 is 15.9. The number of rotatable bonds is 6. The van der Waals surface area contributed by atoms with Gasteiger partial charge >= 0.3 is 0 Å². The minimum Gasteiger partial charge on any atom is -0.493 e. The fraction of sp³-hybridized carbons (Fsp3) is 0.400. The van der Waals surface area contributed by atoms with Crippen molar-refractivity contribution in [3.63, 3.8) is 0 Å². The van der Waals surface area contributed by atoms with Gasteiger partial charge in [-0.3, -0.25) is 9.59 Å². The predicted octanol–water partition coefficient (Wildman–Crippen LogP) is 2.87. The van der Waals surface area contributed by atoms with Crippen molar-refractivity contribution >= 4 is 17.5 Å². The molecule has 1 fully saturated rings. The van der Waals surface area contributed by atoms with Crippen LogP contribution in [0.5, 0.6) is 11.5 Å². The molecule has 1 aromatic carbocycles. The maximum atomic E-state index is 12.9. The summed E-state index contributed by atoms with van der Waals surface area (Å²) >= 11 is 0. The topological polar surface area (TPSA) is 72.2 Å². The zero-order chi connectivity index (χ0) is 19.6. The van der Waals surface area contributed by atoms with Gasteiger partial charge in [-0.2, -0.15) is 0 Å². The predicted molar refractivity (Wildman–Crippen MR) is 99.9 cm³/mol. The van der Waals surface area contributed by atoms with E-state index in [2.05, 4.69) is 0 Å². The van der Waals surface area contributed by atoms with Gasteiger partial charge in [0.15, 0.2) is 11.5 Å². The summed E-state index contributed by atoms with van der Waals surface area (Å²) in [7, 11) is 4.84. The Morgan fingerprint density at radius 3 is 2.63 bits per heavy atom. The van der Waals surface area contributed by atoms with E-state index < -0.39 is 5.92 Å². The van der Waals surface area contributed by atoms with Crippen molar-refractivity contribution in [3.8, 4) is 11.5 Å². The third kappa shape index (κ3) is 3.63. The number of anilines is 1. The molecule has 1 saturated heterocycles. The molecule has 7 nitrogen and oxygen atoms in total. The normalized spacial score (nSPS) is 17.7. The summed E-state index contributed by atoms with van der Waals surface area (Å²) in [4.78, 5) is 28.7. The third-order valence-electron chi connectivity index (χ3n) is 5.04. The van der Waals surface area contributed by atoms with Crippen molar-refractivity contribution in [3.05, 3.63) is 42.4 Å². The van der Waals surface area contributed by atoms with E-state index in [1.54, 1.807) is 61.6 Å². The van der Waals surface area contributed by atoms with Gasteiger partial charge in [0.1, 0.15) is 5.76 Å². The summed E-state index contributed by atoms with van der Waals surface area (Å²) in [5, 5.41) is 0. The third-order valence-corrected chi connectivity index (χ3v) is 5.04. The van der Waals surface area contributed by atoms with E-state index in [0.29, 0.717) is 29.5 Å². The molecule has 2 amide bonds. The summed E-state index contributed by atoms with van der Waals surface area (Å²) in [6, 6.07) is 8.73. The van der Waals surface area contributed by atoms with Crippen LogP contribution in [0.15, 0.2) is 41.0 Å². The fourth-order valence-electron chi connectivity index (χ4n) is 3.31. The van der Waals surface area contributed by atoms with E-state index >= 15 is 0 Å². The Hall–Kier alpha value is -2.96. The van der Waals surface area contributed by atoms with Gasteiger partial charge in [0, 0.05) is 31.8 Å². The number of methoxy groups -OCH3 is 2. The molecule has 0 saturated carbocycles. The highest BCUT2D eigenvalue weighted by atomic mass is 16.5. The molecule has 0 N–H and O–H groups in total. The van der Waals surface area contributed by atoms with Gasteiger partial charge in [-0.05, 0) is 31.2 Å². The molecule has 2 aromatic rings. The molecule has 27 heavy (non-hydrogen) atoms. The zero-order valence-electron chi connectivity index (χ0n) is 16.0. The van der Waals surface area contributed by atoms with Gasteiger partial charge in [0.05, 0.1) is 32.4 Å². The number of carbonyl (C=O) groups excluding carboxylic acids is 2. The van der Waals surface area contributed by atoms with Crippen molar-refractivity contribution in [2.24, 2.45) is 5.92 Å². The molecule has 0 aliphatic carbocycles. The lowest BCUT2D eigenvalue weighted by molar-refractivity contribution is -0.136. The average Bonchev–Trinajstić information content (AvgIpc) is 3.35. The molecule has 7 heteroatoms. The van der Waals surface area contributed by atoms with Gasteiger partial charge in [0.25, 0.3) is 0 Å². The maximum Gasteiger partial charge on any atom is 0.228 e. The summed E-state index contributed by atoms with van der Waals surface area (Å²) in [5.41, 5.74) is 0.690. The average molecular weight is 372 g/mol. The summed E-state index contributed by atoms with van der Waals surface area (Å²) in [5.74, 6) is 1.29. The second-order valence-electron chi connectivity index (χ2n) is 6.59. The SMILES string of the molecule is COc1ccc(N2CC(C(=O)N(C)C(C)c3ccco3)CC2=O)cc1OC. The molecule has 144 valence electrons. The lowest BCUT2D eigenvalue weighted by Crippen LogP contribution is -2.36. The van der Waals surface area contributed by atoms with Crippen molar-refractivity contribution in [2.45, 2.75) is 19.4 Å². The Morgan fingerprint density at radius 1 is 1.26 bits per heavy atom. The molecule has 0 bridgehead atoms. The molecule has 3 rings (SSSR count). The molecule has 0 radical (unpaired) electrons. The van der Waals surface area contributed by atoms with E-state index in [-0.39, 0.29) is 24.3 Å². The number of amides is 2. The first-order valence-corrected chi connectivity index (χ1v) is 8.78.